The van der Waals surface area contributed by atoms with Crippen molar-refractivity contribution < 1.29 is 0 Å². The molecule has 1 aliphatic rings. The smallest absolute Gasteiger partial charge is 0.108 e. The number of nitrogens with zero attached hydrogens (tertiary/aromatic N) is 2. The van der Waals surface area contributed by atoms with Gasteiger partial charge >= 0.3 is 0 Å². The number of rotatable bonds is 4. The fourth-order valence-corrected chi connectivity index (χ4v) is 2.51. The molecule has 0 aliphatic carbocycles. The van der Waals surface area contributed by atoms with E-state index in [1.54, 1.807) is 0 Å². The fraction of sp³-hybridized carbons (Fsp3) is 0.900. The Bertz CT molecular complexity index is 218. The molecule has 4 heteroatoms. The third-order valence-corrected chi connectivity index (χ3v) is 3.21. The predicted octanol–water partition coefficient (Wildman–Crippen LogP) is 1.75. The molecule has 0 radical (unpaired) electrons. The average Bonchev–Trinajstić information content (AvgIpc) is 2.42. The van der Waals surface area contributed by atoms with Gasteiger partial charge in [0.2, 0.25) is 0 Å². The van der Waals surface area contributed by atoms with Crippen LogP contribution in [0.5, 0.6) is 0 Å². The number of hydrogen-bond donors (Lipinski definition) is 0. The van der Waals surface area contributed by atoms with Crippen LogP contribution in [0.4, 0.5) is 0 Å². The quantitative estimate of drug-likeness (QED) is 0.514. The lowest BCUT2D eigenvalue weighted by molar-refractivity contribution is 0.230. The van der Waals surface area contributed by atoms with Crippen molar-refractivity contribution >= 4 is 25.2 Å². The summed E-state index contributed by atoms with van der Waals surface area (Å²) in [6.07, 6.45) is 3.27. The Kier molecular flexibility index (Phi) is 4.30. The first-order valence-electron chi connectivity index (χ1n) is 5.54. The number of hydrogen-bond acceptors (Lipinski definition) is 2. The Morgan fingerprint density at radius 1 is 1.64 bits per heavy atom. The first-order chi connectivity index (χ1) is 6.60. The lowest BCUT2D eigenvalue weighted by Gasteiger charge is -2.25. The molecule has 0 aromatic carbocycles. The molecule has 0 amide bonds. The van der Waals surface area contributed by atoms with E-state index in [0.717, 1.165) is 12.7 Å². The summed E-state index contributed by atoms with van der Waals surface area (Å²) in [5.41, 5.74) is 1.34. The Hall–Kier alpha value is -0.175. The molecule has 0 saturated heterocycles. The Labute approximate surface area is 93.1 Å². The molecule has 0 aromatic heterocycles. The SMILES string of the molecule is BCC1=NN(C)C(CC(C)Cl)[C@@H]1CC. The standard InChI is InChI=1S/C10H20BClN2/c1-4-8-9(6-11)13-14(3)10(8)5-7(2)12/h7-8,10H,4-6,11H2,1-3H3/t7?,8-,10?/m1/s1. The summed E-state index contributed by atoms with van der Waals surface area (Å²) in [5.74, 6) is 0.617. The highest BCUT2D eigenvalue weighted by Gasteiger charge is 2.33. The second-order valence-electron chi connectivity index (χ2n) is 4.12. The maximum absolute atomic E-state index is 6.06. The molecule has 0 aromatic rings. The van der Waals surface area contributed by atoms with Gasteiger partial charge in [0.15, 0.2) is 0 Å². The topological polar surface area (TPSA) is 15.6 Å². The minimum atomic E-state index is 0.239. The third kappa shape index (κ3) is 2.44. The molecule has 0 bridgehead atoms. The van der Waals surface area contributed by atoms with Crippen molar-refractivity contribution in [2.24, 2.45) is 11.0 Å². The Morgan fingerprint density at radius 2 is 2.29 bits per heavy atom. The first-order valence-corrected chi connectivity index (χ1v) is 5.98. The summed E-state index contributed by atoms with van der Waals surface area (Å²) in [4.78, 5) is 0. The fourth-order valence-electron chi connectivity index (χ4n) is 2.32. The van der Waals surface area contributed by atoms with Crippen LogP contribution >= 0.6 is 11.6 Å². The minimum Gasteiger partial charge on any atom is -0.296 e. The van der Waals surface area contributed by atoms with Gasteiger partial charge in [-0.05, 0) is 26.1 Å². The molecule has 0 saturated carbocycles. The maximum atomic E-state index is 6.06. The average molecular weight is 215 g/mol. The van der Waals surface area contributed by atoms with Gasteiger partial charge in [0.1, 0.15) is 7.85 Å². The van der Waals surface area contributed by atoms with Gasteiger partial charge in [-0.15, -0.1) is 11.6 Å². The van der Waals surface area contributed by atoms with E-state index in [2.05, 4.69) is 38.9 Å². The van der Waals surface area contributed by atoms with Crippen LogP contribution in [-0.4, -0.2) is 37.0 Å². The summed E-state index contributed by atoms with van der Waals surface area (Å²) in [6.45, 7) is 4.30. The van der Waals surface area contributed by atoms with Gasteiger partial charge in [-0.1, -0.05) is 6.92 Å². The van der Waals surface area contributed by atoms with Crippen molar-refractivity contribution in [3.63, 3.8) is 0 Å². The molecule has 2 nitrogen and oxygen atoms in total. The molecule has 14 heavy (non-hydrogen) atoms. The molecule has 0 N–H and O–H groups in total. The highest BCUT2D eigenvalue weighted by molar-refractivity contribution is 6.22. The van der Waals surface area contributed by atoms with Gasteiger partial charge in [0, 0.05) is 24.1 Å². The summed E-state index contributed by atoms with van der Waals surface area (Å²) in [7, 11) is 4.25. The van der Waals surface area contributed by atoms with Crippen LogP contribution in [0.3, 0.4) is 0 Å². The Balaban J connectivity index is 2.68. The monoisotopic (exact) mass is 214 g/mol. The van der Waals surface area contributed by atoms with Crippen molar-refractivity contribution in [3.8, 4) is 0 Å². The Morgan fingerprint density at radius 3 is 2.71 bits per heavy atom. The van der Waals surface area contributed by atoms with E-state index in [4.69, 9.17) is 11.6 Å². The molecular formula is C10H20BClN2. The molecule has 0 spiro atoms. The van der Waals surface area contributed by atoms with Crippen LogP contribution in [0.1, 0.15) is 26.7 Å². The van der Waals surface area contributed by atoms with Gasteiger partial charge in [0.05, 0.1) is 6.04 Å². The largest absolute Gasteiger partial charge is 0.296 e. The van der Waals surface area contributed by atoms with E-state index in [9.17, 15) is 0 Å². The van der Waals surface area contributed by atoms with E-state index in [-0.39, 0.29) is 5.38 Å². The molecule has 80 valence electrons. The van der Waals surface area contributed by atoms with Crippen LogP contribution in [0.2, 0.25) is 6.32 Å². The van der Waals surface area contributed by atoms with E-state index in [0.29, 0.717) is 12.0 Å². The molecular weight excluding hydrogens is 194 g/mol. The van der Waals surface area contributed by atoms with Crippen molar-refractivity contribution in [2.45, 2.75) is 44.4 Å². The molecule has 0 fully saturated rings. The van der Waals surface area contributed by atoms with E-state index >= 15 is 0 Å². The molecule has 1 rings (SSSR count). The molecule has 1 heterocycles. The number of hydrazone groups is 1. The summed E-state index contributed by atoms with van der Waals surface area (Å²) in [6, 6.07) is 0.516. The van der Waals surface area contributed by atoms with Crippen molar-refractivity contribution in [2.75, 3.05) is 7.05 Å². The summed E-state index contributed by atoms with van der Waals surface area (Å²) in [5, 5.41) is 6.93. The van der Waals surface area contributed by atoms with Crippen LogP contribution in [0, 0.1) is 5.92 Å². The minimum absolute atomic E-state index is 0.239. The van der Waals surface area contributed by atoms with Crippen LogP contribution < -0.4 is 0 Å². The van der Waals surface area contributed by atoms with E-state index in [1.807, 2.05) is 0 Å². The highest BCUT2D eigenvalue weighted by atomic mass is 35.5. The zero-order valence-electron chi connectivity index (χ0n) is 9.63. The maximum Gasteiger partial charge on any atom is 0.108 e. The number of halogens is 1. The third-order valence-electron chi connectivity index (χ3n) is 3.03. The molecule has 1 aliphatic heterocycles. The van der Waals surface area contributed by atoms with Crippen LogP contribution in [-0.2, 0) is 0 Å². The zero-order chi connectivity index (χ0) is 10.7. The van der Waals surface area contributed by atoms with Gasteiger partial charge in [-0.3, -0.25) is 5.01 Å². The number of alkyl halides is 1. The lowest BCUT2D eigenvalue weighted by Crippen LogP contribution is -2.32. The second-order valence-corrected chi connectivity index (χ2v) is 4.86. The van der Waals surface area contributed by atoms with E-state index < -0.39 is 0 Å². The lowest BCUT2D eigenvalue weighted by atomic mass is 9.84. The molecule has 3 atom stereocenters. The zero-order valence-corrected chi connectivity index (χ0v) is 10.4. The van der Waals surface area contributed by atoms with Gasteiger partial charge in [-0.2, -0.15) is 5.10 Å². The molecule has 2 unspecified atom stereocenters. The first kappa shape index (κ1) is 11.9. The summed E-state index contributed by atoms with van der Waals surface area (Å²) < 4.78 is 0. The van der Waals surface area contributed by atoms with Gasteiger partial charge < -0.3 is 0 Å². The highest BCUT2D eigenvalue weighted by Crippen LogP contribution is 2.29. The summed E-state index contributed by atoms with van der Waals surface area (Å²) >= 11 is 6.06. The van der Waals surface area contributed by atoms with Gasteiger partial charge in [0.25, 0.3) is 0 Å². The van der Waals surface area contributed by atoms with Crippen molar-refractivity contribution in [3.05, 3.63) is 0 Å². The van der Waals surface area contributed by atoms with Gasteiger partial charge in [-0.25, -0.2) is 0 Å². The van der Waals surface area contributed by atoms with Crippen molar-refractivity contribution in [1.82, 2.24) is 5.01 Å². The van der Waals surface area contributed by atoms with Crippen LogP contribution in [0.25, 0.3) is 0 Å². The normalized spacial score (nSPS) is 29.1. The second kappa shape index (κ2) is 5.06. The van der Waals surface area contributed by atoms with Crippen molar-refractivity contribution in [1.29, 1.82) is 0 Å². The predicted molar refractivity (Wildman–Crippen MR) is 66.1 cm³/mol. The van der Waals surface area contributed by atoms with Crippen LogP contribution in [0.15, 0.2) is 5.10 Å². The van der Waals surface area contributed by atoms with E-state index in [1.165, 1.54) is 12.1 Å².